The summed E-state index contributed by atoms with van der Waals surface area (Å²) >= 11 is 0. The number of carbonyl (C=O) groups is 2. The second-order valence-electron chi connectivity index (χ2n) is 12.1. The maximum Gasteiger partial charge on any atom is 0.410 e. The average Bonchev–Trinajstić information content (AvgIpc) is 2.88. The first kappa shape index (κ1) is 39.9. The molecular formula is C34H56N2O7. The van der Waals surface area contributed by atoms with Gasteiger partial charge in [-0.1, -0.05) is 75.5 Å². The minimum Gasteiger partial charge on any atom is -0.444 e. The van der Waals surface area contributed by atoms with Crippen molar-refractivity contribution in [3.8, 4) is 0 Å². The fraction of sp³-hybridized carbons (Fsp3) is 0.588. The third-order valence-electron chi connectivity index (χ3n) is 5.86. The number of rotatable bonds is 8. The van der Waals surface area contributed by atoms with Crippen LogP contribution < -0.4 is 0 Å². The summed E-state index contributed by atoms with van der Waals surface area (Å²) in [6.45, 7) is 12.8. The van der Waals surface area contributed by atoms with Crippen molar-refractivity contribution in [2.45, 2.75) is 92.6 Å². The Bertz CT molecular complexity index is 1040. The van der Waals surface area contributed by atoms with E-state index in [4.69, 9.17) is 19.3 Å². The zero-order valence-corrected chi connectivity index (χ0v) is 25.4. The second kappa shape index (κ2) is 19.2. The predicted molar refractivity (Wildman–Crippen MR) is 172 cm³/mol. The Morgan fingerprint density at radius 2 is 1.47 bits per heavy atom. The van der Waals surface area contributed by atoms with E-state index in [-0.39, 0.29) is 46.7 Å². The number of aliphatic hydroxyl groups is 2. The van der Waals surface area contributed by atoms with Gasteiger partial charge in [-0.15, -0.1) is 0 Å². The molecule has 2 amide bonds. The molecule has 2 atom stereocenters. The van der Waals surface area contributed by atoms with Gasteiger partial charge in [0, 0.05) is 25.9 Å². The molecule has 43 heavy (non-hydrogen) atoms. The molecule has 2 aromatic carbocycles. The lowest BCUT2D eigenvalue weighted by Crippen LogP contribution is -2.48. The van der Waals surface area contributed by atoms with E-state index in [0.29, 0.717) is 26.1 Å². The van der Waals surface area contributed by atoms with E-state index in [1.807, 2.05) is 69.3 Å². The minimum atomic E-state index is -0.702. The molecule has 2 unspecified atom stereocenters. The third-order valence-corrected chi connectivity index (χ3v) is 5.86. The molecule has 2 aromatic rings. The summed E-state index contributed by atoms with van der Waals surface area (Å²) in [4.78, 5) is 27.1. The van der Waals surface area contributed by atoms with E-state index >= 15 is 0 Å². The summed E-state index contributed by atoms with van der Waals surface area (Å²) in [6, 6.07) is 19.8. The van der Waals surface area contributed by atoms with Gasteiger partial charge in [-0.2, -0.15) is 0 Å². The number of amides is 2. The number of benzene rings is 2. The Labute approximate surface area is 259 Å². The Kier molecular flexibility index (Phi) is 17.8. The van der Waals surface area contributed by atoms with Crippen molar-refractivity contribution in [1.82, 2.24) is 9.80 Å². The van der Waals surface area contributed by atoms with Gasteiger partial charge in [-0.3, -0.25) is 0 Å². The maximum absolute atomic E-state index is 12.1. The molecule has 1 fully saturated rings. The van der Waals surface area contributed by atoms with Gasteiger partial charge in [0.1, 0.15) is 11.2 Å². The van der Waals surface area contributed by atoms with Crippen LogP contribution in [0.3, 0.4) is 0 Å². The number of aliphatic hydroxyl groups excluding tert-OH is 2. The molecule has 3 rings (SSSR count). The molecule has 9 nitrogen and oxygen atoms in total. The van der Waals surface area contributed by atoms with Crippen molar-refractivity contribution in [2.75, 3.05) is 39.4 Å². The van der Waals surface area contributed by atoms with Crippen LogP contribution in [0.25, 0.3) is 0 Å². The van der Waals surface area contributed by atoms with Crippen molar-refractivity contribution < 1.29 is 34.0 Å². The van der Waals surface area contributed by atoms with Gasteiger partial charge in [0.05, 0.1) is 38.5 Å². The molecule has 1 aliphatic rings. The lowest BCUT2D eigenvalue weighted by atomic mass is 10.1. The Hall–Kier alpha value is -3.14. The van der Waals surface area contributed by atoms with Crippen LogP contribution in [-0.2, 0) is 27.1 Å². The predicted octanol–water partition coefficient (Wildman–Crippen LogP) is 5.96. The van der Waals surface area contributed by atoms with E-state index in [1.165, 1.54) is 10.5 Å². The normalized spacial score (nSPS) is 15.4. The van der Waals surface area contributed by atoms with Gasteiger partial charge >= 0.3 is 12.2 Å². The molecular weight excluding hydrogens is 548 g/mol. The number of ether oxygens (including phenoxy) is 3. The summed E-state index contributed by atoms with van der Waals surface area (Å²) < 4.78 is 16.4. The molecule has 0 saturated carbocycles. The minimum absolute atomic E-state index is 0. The highest BCUT2D eigenvalue weighted by Crippen LogP contribution is 2.16. The summed E-state index contributed by atoms with van der Waals surface area (Å²) in [7, 11) is 0. The van der Waals surface area contributed by atoms with Crippen LogP contribution in [0.5, 0.6) is 0 Å². The number of morpholine rings is 1. The van der Waals surface area contributed by atoms with Gasteiger partial charge in [0.25, 0.3) is 0 Å². The van der Waals surface area contributed by atoms with Crippen LogP contribution in [0.4, 0.5) is 9.59 Å². The van der Waals surface area contributed by atoms with Gasteiger partial charge in [-0.25, -0.2) is 9.59 Å². The van der Waals surface area contributed by atoms with Crippen LogP contribution in [0, 0.1) is 0 Å². The molecule has 1 heterocycles. The number of hydrogen-bond acceptors (Lipinski definition) is 7. The van der Waals surface area contributed by atoms with Crippen molar-refractivity contribution in [1.29, 1.82) is 0 Å². The lowest BCUT2D eigenvalue weighted by molar-refractivity contribution is -0.0415. The van der Waals surface area contributed by atoms with Crippen LogP contribution >= 0.6 is 0 Å². The van der Waals surface area contributed by atoms with Crippen molar-refractivity contribution in [3.05, 3.63) is 71.8 Å². The topological polar surface area (TPSA) is 109 Å². The molecule has 0 bridgehead atoms. The average molecular weight is 605 g/mol. The van der Waals surface area contributed by atoms with E-state index in [0.717, 1.165) is 12.0 Å². The second-order valence-corrected chi connectivity index (χ2v) is 12.1. The quantitative estimate of drug-likeness (QED) is 0.383. The lowest BCUT2D eigenvalue weighted by Gasteiger charge is -2.34. The van der Waals surface area contributed by atoms with E-state index in [2.05, 4.69) is 12.1 Å². The fourth-order valence-electron chi connectivity index (χ4n) is 4.12. The van der Waals surface area contributed by atoms with Gasteiger partial charge < -0.3 is 34.2 Å². The summed E-state index contributed by atoms with van der Waals surface area (Å²) in [5.74, 6) is 0. The zero-order chi connectivity index (χ0) is 30.5. The third kappa shape index (κ3) is 16.9. The highest BCUT2D eigenvalue weighted by atomic mass is 16.6. The maximum atomic E-state index is 12.1. The van der Waals surface area contributed by atoms with Gasteiger partial charge in [0.2, 0.25) is 0 Å². The van der Waals surface area contributed by atoms with Gasteiger partial charge in [-0.05, 0) is 52.7 Å². The molecule has 244 valence electrons. The Morgan fingerprint density at radius 3 is 1.98 bits per heavy atom. The molecule has 0 spiro atoms. The molecule has 1 aliphatic heterocycles. The van der Waals surface area contributed by atoms with Crippen LogP contribution in [0.15, 0.2) is 60.7 Å². The van der Waals surface area contributed by atoms with E-state index in [1.54, 1.807) is 25.7 Å². The first-order chi connectivity index (χ1) is 19.3. The largest absolute Gasteiger partial charge is 0.444 e. The Morgan fingerprint density at radius 1 is 0.930 bits per heavy atom. The van der Waals surface area contributed by atoms with E-state index < -0.39 is 23.4 Å². The summed E-state index contributed by atoms with van der Waals surface area (Å²) in [5, 5.41) is 19.2. The van der Waals surface area contributed by atoms with Crippen LogP contribution in [0.1, 0.15) is 67.5 Å². The molecule has 0 radical (unpaired) electrons. The molecule has 0 aromatic heterocycles. The number of carbonyl (C=O) groups excluding carboxylic acids is 2. The van der Waals surface area contributed by atoms with E-state index in [9.17, 15) is 14.7 Å². The monoisotopic (exact) mass is 604 g/mol. The number of hydrogen-bond donors (Lipinski definition) is 2. The smallest absolute Gasteiger partial charge is 0.410 e. The molecule has 1 saturated heterocycles. The molecule has 9 heteroatoms. The molecule has 2 N–H and O–H groups in total. The summed E-state index contributed by atoms with van der Waals surface area (Å²) in [6.07, 6.45) is -0.168. The standard InChI is InChI=1S/C16H25NO4.C16H23NO3.2CH4/c1-16(2,3)21-15(20)17(9-10-18)12-14(19)11-13-7-5-4-6-8-13;1-16(2,3)20-15(18)17-9-10-19-14(12-17)11-13-7-5-4-6-8-13;;/h4-8,14,18-19H,9-12H2,1-3H3;4-8,14H,9-12H2,1-3H3;2*1H4. The zero-order valence-electron chi connectivity index (χ0n) is 25.4. The van der Waals surface area contributed by atoms with Crippen molar-refractivity contribution in [3.63, 3.8) is 0 Å². The van der Waals surface area contributed by atoms with Gasteiger partial charge in [0.15, 0.2) is 0 Å². The SMILES string of the molecule is C.C.CC(C)(C)OC(=O)N(CCO)CC(O)Cc1ccccc1.CC(C)(C)OC(=O)N1CCOC(Cc2ccccc2)C1. The number of nitrogens with zero attached hydrogens (tertiary/aromatic N) is 2. The van der Waals surface area contributed by atoms with Crippen LogP contribution in [0.2, 0.25) is 0 Å². The molecule has 0 aliphatic carbocycles. The Balaban J connectivity index is 0.000000784. The highest BCUT2D eigenvalue weighted by molar-refractivity contribution is 5.68. The summed E-state index contributed by atoms with van der Waals surface area (Å²) in [5.41, 5.74) is 1.17. The van der Waals surface area contributed by atoms with Crippen molar-refractivity contribution >= 4 is 12.2 Å². The highest BCUT2D eigenvalue weighted by Gasteiger charge is 2.28. The first-order valence-corrected chi connectivity index (χ1v) is 14.2. The van der Waals surface area contributed by atoms with Crippen molar-refractivity contribution in [2.24, 2.45) is 0 Å². The fourth-order valence-corrected chi connectivity index (χ4v) is 4.12. The first-order valence-electron chi connectivity index (χ1n) is 14.2. The van der Waals surface area contributed by atoms with Crippen LogP contribution in [-0.4, -0.2) is 95.0 Å².